The Morgan fingerprint density at radius 2 is 1.93 bits per heavy atom. The first-order chi connectivity index (χ1) is 13.8. The number of aliphatic hydroxyl groups excluding tert-OH is 1. The number of ether oxygens (including phenoxy) is 1. The first kappa shape index (κ1) is 26.2. The molecule has 0 spiro atoms. The number of hydrogen-bond acceptors (Lipinski definition) is 7. The Labute approximate surface area is 186 Å². The quantitative estimate of drug-likeness (QED) is 0.310. The number of aliphatic hydroxyl groups is 1. The molecular formula is C20H30ClN3O5S. The summed E-state index contributed by atoms with van der Waals surface area (Å²) >= 11 is 7.47. The van der Waals surface area contributed by atoms with Crippen LogP contribution in [-0.4, -0.2) is 56.8 Å². The summed E-state index contributed by atoms with van der Waals surface area (Å²) in [6.45, 7) is 9.11. The monoisotopic (exact) mass is 459 g/mol. The van der Waals surface area contributed by atoms with Crippen molar-refractivity contribution in [3.63, 3.8) is 0 Å². The molecule has 0 radical (unpaired) electrons. The van der Waals surface area contributed by atoms with Gasteiger partial charge in [0.15, 0.2) is 6.10 Å². The van der Waals surface area contributed by atoms with Gasteiger partial charge in [-0.25, -0.2) is 15.6 Å². The number of imide groups is 1. The highest BCUT2D eigenvalue weighted by Gasteiger charge is 2.34. The lowest BCUT2D eigenvalue weighted by atomic mass is 10.1. The van der Waals surface area contributed by atoms with Crippen LogP contribution in [0, 0.1) is 0 Å². The molecule has 1 rings (SSSR count). The molecule has 0 aliphatic rings. The van der Waals surface area contributed by atoms with Crippen molar-refractivity contribution in [1.82, 2.24) is 10.3 Å². The lowest BCUT2D eigenvalue weighted by molar-refractivity contribution is -0.139. The van der Waals surface area contributed by atoms with Gasteiger partial charge in [0.2, 0.25) is 0 Å². The fraction of sp³-hybridized carbons (Fsp3) is 0.550. The molecule has 10 heteroatoms. The maximum Gasteiger partial charge on any atom is 0.407 e. The Kier molecular flexibility index (Phi) is 10.1. The number of carbonyl (C=O) groups excluding carboxylic acids is 3. The molecule has 0 heterocycles. The molecule has 30 heavy (non-hydrogen) atoms. The number of nitrogens with two attached hydrogens (primary N) is 1. The molecule has 3 amide bonds. The maximum absolute atomic E-state index is 12.6. The normalized spacial score (nSPS) is 13.5. The van der Waals surface area contributed by atoms with Crippen LogP contribution in [-0.2, 0) is 9.53 Å². The van der Waals surface area contributed by atoms with E-state index in [9.17, 15) is 19.5 Å². The zero-order chi connectivity index (χ0) is 23.1. The summed E-state index contributed by atoms with van der Waals surface area (Å²) in [5.41, 5.74) is -0.656. The number of halogens is 1. The first-order valence-electron chi connectivity index (χ1n) is 9.49. The summed E-state index contributed by atoms with van der Waals surface area (Å²) in [6, 6.07) is 4.93. The van der Waals surface area contributed by atoms with Crippen LogP contribution < -0.4 is 11.2 Å². The van der Waals surface area contributed by atoms with E-state index in [0.717, 1.165) is 0 Å². The number of benzene rings is 1. The van der Waals surface area contributed by atoms with E-state index in [1.165, 1.54) is 12.1 Å². The average molecular weight is 460 g/mol. The van der Waals surface area contributed by atoms with Crippen molar-refractivity contribution in [2.75, 3.05) is 5.75 Å². The summed E-state index contributed by atoms with van der Waals surface area (Å²) < 4.78 is 5.21. The van der Waals surface area contributed by atoms with Gasteiger partial charge in [0.1, 0.15) is 5.60 Å². The van der Waals surface area contributed by atoms with Crippen LogP contribution >= 0.6 is 23.4 Å². The van der Waals surface area contributed by atoms with Gasteiger partial charge in [-0.05, 0) is 56.4 Å². The SMILES string of the molecule is CC(C)SCCC(NC(=O)OC(C)(C)C)C(O)C(=O)N(N)C(=O)c1cccc(Cl)c1. The molecule has 4 N–H and O–H groups in total. The predicted octanol–water partition coefficient (Wildman–Crippen LogP) is 2.97. The van der Waals surface area contributed by atoms with Crippen LogP contribution in [0.25, 0.3) is 0 Å². The third-order valence-corrected chi connectivity index (χ3v) is 5.12. The van der Waals surface area contributed by atoms with Gasteiger partial charge in [-0.1, -0.05) is 31.5 Å². The highest BCUT2D eigenvalue weighted by atomic mass is 35.5. The minimum absolute atomic E-state index is 0.0950. The van der Waals surface area contributed by atoms with Crippen molar-refractivity contribution in [1.29, 1.82) is 0 Å². The molecular weight excluding hydrogens is 430 g/mol. The van der Waals surface area contributed by atoms with E-state index in [4.69, 9.17) is 22.2 Å². The maximum atomic E-state index is 12.6. The predicted molar refractivity (Wildman–Crippen MR) is 118 cm³/mol. The van der Waals surface area contributed by atoms with Gasteiger partial charge in [-0.3, -0.25) is 9.59 Å². The van der Waals surface area contributed by atoms with E-state index in [-0.39, 0.29) is 12.0 Å². The van der Waals surface area contributed by atoms with Gasteiger partial charge in [0, 0.05) is 10.6 Å². The second kappa shape index (κ2) is 11.5. The number of hydrazine groups is 1. The van der Waals surface area contributed by atoms with Crippen LogP contribution in [0.3, 0.4) is 0 Å². The van der Waals surface area contributed by atoms with Crippen LogP contribution in [0.4, 0.5) is 4.79 Å². The van der Waals surface area contributed by atoms with Crippen LogP contribution in [0.1, 0.15) is 51.4 Å². The van der Waals surface area contributed by atoms with E-state index < -0.39 is 35.7 Å². The molecule has 168 valence electrons. The third kappa shape index (κ3) is 8.91. The van der Waals surface area contributed by atoms with Crippen LogP contribution in [0.5, 0.6) is 0 Å². The number of amides is 3. The molecule has 0 saturated heterocycles. The topological polar surface area (TPSA) is 122 Å². The molecule has 0 bridgehead atoms. The number of nitrogens with one attached hydrogen (secondary N) is 1. The van der Waals surface area contributed by atoms with Crippen molar-refractivity contribution in [3.05, 3.63) is 34.9 Å². The summed E-state index contributed by atoms with van der Waals surface area (Å²) in [7, 11) is 0. The molecule has 0 aliphatic heterocycles. The molecule has 0 aliphatic carbocycles. The third-order valence-electron chi connectivity index (χ3n) is 3.74. The van der Waals surface area contributed by atoms with Gasteiger partial charge in [-0.15, -0.1) is 0 Å². The summed E-state index contributed by atoms with van der Waals surface area (Å²) in [5.74, 6) is 4.37. The molecule has 2 atom stereocenters. The van der Waals surface area contributed by atoms with Crippen molar-refractivity contribution in [2.45, 2.75) is 64.0 Å². The van der Waals surface area contributed by atoms with E-state index in [2.05, 4.69) is 5.32 Å². The smallest absolute Gasteiger partial charge is 0.407 e. The highest BCUT2D eigenvalue weighted by Crippen LogP contribution is 2.16. The number of alkyl carbamates (subject to hydrolysis) is 1. The Morgan fingerprint density at radius 1 is 1.30 bits per heavy atom. The van der Waals surface area contributed by atoms with E-state index >= 15 is 0 Å². The van der Waals surface area contributed by atoms with E-state index in [0.29, 0.717) is 21.0 Å². The summed E-state index contributed by atoms with van der Waals surface area (Å²) in [6.07, 6.45) is -2.24. The summed E-state index contributed by atoms with van der Waals surface area (Å²) in [5, 5.41) is 14.1. The van der Waals surface area contributed by atoms with E-state index in [1.807, 2.05) is 13.8 Å². The van der Waals surface area contributed by atoms with E-state index in [1.54, 1.807) is 44.7 Å². The molecule has 1 aromatic carbocycles. The standard InChI is InChI=1S/C20H30ClN3O5S/c1-12(2)30-10-9-15(23-19(28)29-20(3,4)5)16(25)18(27)24(22)17(26)13-7-6-8-14(21)11-13/h6-8,11-12,15-16,25H,9-10,22H2,1-5H3,(H,23,28). The Bertz CT molecular complexity index is 754. The van der Waals surface area contributed by atoms with Gasteiger partial charge in [-0.2, -0.15) is 11.8 Å². The molecule has 0 saturated carbocycles. The van der Waals surface area contributed by atoms with Gasteiger partial charge < -0.3 is 15.2 Å². The minimum atomic E-state index is -1.74. The van der Waals surface area contributed by atoms with Crippen LogP contribution in [0.15, 0.2) is 24.3 Å². The zero-order valence-electron chi connectivity index (χ0n) is 17.8. The highest BCUT2D eigenvalue weighted by molar-refractivity contribution is 7.99. The van der Waals surface area contributed by atoms with Crippen molar-refractivity contribution >= 4 is 41.3 Å². The van der Waals surface area contributed by atoms with Crippen molar-refractivity contribution < 1.29 is 24.2 Å². The zero-order valence-corrected chi connectivity index (χ0v) is 19.4. The van der Waals surface area contributed by atoms with Crippen molar-refractivity contribution in [3.8, 4) is 0 Å². The molecule has 0 aromatic heterocycles. The molecule has 2 unspecified atom stereocenters. The Morgan fingerprint density at radius 3 is 2.47 bits per heavy atom. The van der Waals surface area contributed by atoms with Crippen molar-refractivity contribution in [2.24, 2.45) is 5.84 Å². The second-order valence-corrected chi connectivity index (χ2v) is 10.1. The van der Waals surface area contributed by atoms with Gasteiger partial charge in [0.25, 0.3) is 11.8 Å². The molecule has 8 nitrogen and oxygen atoms in total. The number of nitrogens with zero attached hydrogens (tertiary/aromatic N) is 1. The Hall–Kier alpha value is -1.81. The minimum Gasteiger partial charge on any atom is -0.444 e. The first-order valence-corrected chi connectivity index (χ1v) is 10.9. The molecule has 1 aromatic rings. The number of thioether (sulfide) groups is 1. The average Bonchev–Trinajstić information content (AvgIpc) is 2.63. The van der Waals surface area contributed by atoms with Crippen LogP contribution in [0.2, 0.25) is 5.02 Å². The number of hydrogen-bond donors (Lipinski definition) is 3. The molecule has 0 fully saturated rings. The van der Waals surface area contributed by atoms with Gasteiger partial charge in [0.05, 0.1) is 6.04 Å². The summed E-state index contributed by atoms with van der Waals surface area (Å²) in [4.78, 5) is 37.3. The Balaban J connectivity index is 2.93. The van der Waals surface area contributed by atoms with Gasteiger partial charge >= 0.3 is 6.09 Å². The number of rotatable bonds is 8. The lowest BCUT2D eigenvalue weighted by Crippen LogP contribution is -2.56. The second-order valence-electron chi connectivity index (χ2n) is 7.93. The lowest BCUT2D eigenvalue weighted by Gasteiger charge is -2.28. The largest absolute Gasteiger partial charge is 0.444 e. The number of carbonyl (C=O) groups is 3. The fourth-order valence-electron chi connectivity index (χ4n) is 2.37. The fourth-order valence-corrected chi connectivity index (χ4v) is 3.43.